The van der Waals surface area contributed by atoms with Crippen LogP contribution >= 0.6 is 11.6 Å². The summed E-state index contributed by atoms with van der Waals surface area (Å²) in [4.78, 5) is 16.5. The average molecular weight is 308 g/mol. The molecule has 0 saturated carbocycles. The van der Waals surface area contributed by atoms with Crippen LogP contribution in [-0.2, 0) is 6.42 Å². The van der Waals surface area contributed by atoms with E-state index in [0.717, 1.165) is 22.9 Å². The van der Waals surface area contributed by atoms with Crippen molar-refractivity contribution in [2.24, 2.45) is 0 Å². The number of nitrogens with zero attached hydrogens (tertiary/aromatic N) is 1. The molecule has 0 N–H and O–H groups in total. The number of ketones is 1. The third-order valence-corrected chi connectivity index (χ3v) is 3.63. The van der Waals surface area contributed by atoms with Crippen molar-refractivity contribution in [1.29, 1.82) is 0 Å². The number of aryl methyl sites for hydroxylation is 1. The van der Waals surface area contributed by atoms with Crippen molar-refractivity contribution in [2.75, 3.05) is 7.11 Å². The number of Topliss-reactive ketones (excluding diaryl/α,β-unsaturated/α-hetero) is 1. The van der Waals surface area contributed by atoms with Crippen LogP contribution < -0.4 is 4.74 Å². The van der Waals surface area contributed by atoms with E-state index >= 15 is 0 Å². The SMILES string of the molecule is COc1c(C)cnc(CC(=O)c2ccc(Cl)c(F)c2)c1C. The van der Waals surface area contributed by atoms with E-state index in [0.29, 0.717) is 5.69 Å². The Morgan fingerprint density at radius 3 is 2.71 bits per heavy atom. The van der Waals surface area contributed by atoms with E-state index in [2.05, 4.69) is 4.98 Å². The van der Waals surface area contributed by atoms with Gasteiger partial charge in [-0.2, -0.15) is 0 Å². The Bertz CT molecular complexity index is 701. The van der Waals surface area contributed by atoms with Gasteiger partial charge in [-0.3, -0.25) is 9.78 Å². The number of pyridine rings is 1. The lowest BCUT2D eigenvalue weighted by Crippen LogP contribution is -2.08. The number of hydrogen-bond acceptors (Lipinski definition) is 3. The molecule has 0 amide bonds. The van der Waals surface area contributed by atoms with Crippen LogP contribution in [0.3, 0.4) is 0 Å². The lowest BCUT2D eigenvalue weighted by molar-refractivity contribution is 0.0991. The monoisotopic (exact) mass is 307 g/mol. The minimum atomic E-state index is -0.603. The minimum Gasteiger partial charge on any atom is -0.496 e. The van der Waals surface area contributed by atoms with Crippen molar-refractivity contribution in [3.63, 3.8) is 0 Å². The lowest BCUT2D eigenvalue weighted by Gasteiger charge is -2.11. The predicted molar refractivity (Wildman–Crippen MR) is 79.7 cm³/mol. The second-order valence-electron chi connectivity index (χ2n) is 4.77. The Kier molecular flexibility index (Phi) is 4.58. The molecular formula is C16H15ClFNO2. The number of benzene rings is 1. The van der Waals surface area contributed by atoms with Gasteiger partial charge in [-0.25, -0.2) is 4.39 Å². The normalized spacial score (nSPS) is 10.5. The molecule has 0 radical (unpaired) electrons. The summed E-state index contributed by atoms with van der Waals surface area (Å²) in [5, 5.41) is -0.00198. The fraction of sp³-hybridized carbons (Fsp3) is 0.250. The quantitative estimate of drug-likeness (QED) is 0.804. The van der Waals surface area contributed by atoms with Gasteiger partial charge in [-0.1, -0.05) is 11.6 Å². The summed E-state index contributed by atoms with van der Waals surface area (Å²) in [6.07, 6.45) is 1.75. The molecule has 3 nitrogen and oxygen atoms in total. The first-order valence-corrected chi connectivity index (χ1v) is 6.79. The molecule has 0 aliphatic heterocycles. The summed E-state index contributed by atoms with van der Waals surface area (Å²) >= 11 is 5.61. The summed E-state index contributed by atoms with van der Waals surface area (Å²) < 4.78 is 18.7. The van der Waals surface area contributed by atoms with Gasteiger partial charge >= 0.3 is 0 Å². The first-order chi connectivity index (χ1) is 9.93. The number of rotatable bonds is 4. The molecule has 1 aromatic heterocycles. The molecule has 0 spiro atoms. The van der Waals surface area contributed by atoms with Crippen molar-refractivity contribution >= 4 is 17.4 Å². The van der Waals surface area contributed by atoms with Crippen LogP contribution in [-0.4, -0.2) is 17.9 Å². The molecule has 2 rings (SSSR count). The number of carbonyl (C=O) groups is 1. The highest BCUT2D eigenvalue weighted by Crippen LogP contribution is 2.25. The number of hydrogen-bond donors (Lipinski definition) is 0. The number of carbonyl (C=O) groups excluding carboxylic acids is 1. The van der Waals surface area contributed by atoms with Gasteiger partial charge in [0.1, 0.15) is 11.6 Å². The summed E-state index contributed by atoms with van der Waals surface area (Å²) in [7, 11) is 1.58. The highest BCUT2D eigenvalue weighted by Gasteiger charge is 2.15. The Labute approximate surface area is 127 Å². The van der Waals surface area contributed by atoms with E-state index < -0.39 is 5.82 Å². The van der Waals surface area contributed by atoms with Gasteiger partial charge in [-0.05, 0) is 32.0 Å². The van der Waals surface area contributed by atoms with E-state index in [4.69, 9.17) is 16.3 Å². The number of ether oxygens (including phenoxy) is 1. The van der Waals surface area contributed by atoms with Crippen molar-refractivity contribution in [3.05, 3.63) is 57.6 Å². The maximum Gasteiger partial charge on any atom is 0.168 e. The molecule has 1 heterocycles. The van der Waals surface area contributed by atoms with Gasteiger partial charge in [0.2, 0.25) is 0 Å². The second-order valence-corrected chi connectivity index (χ2v) is 5.18. The van der Waals surface area contributed by atoms with Gasteiger partial charge in [0.05, 0.1) is 24.2 Å². The molecule has 2 aromatic rings. The fourth-order valence-electron chi connectivity index (χ4n) is 2.17. The standard InChI is InChI=1S/C16H15ClFNO2/c1-9-8-19-14(10(2)16(9)21-3)7-15(20)11-4-5-12(17)13(18)6-11/h4-6,8H,7H2,1-3H3. The third-order valence-electron chi connectivity index (χ3n) is 3.32. The maximum atomic E-state index is 13.4. The van der Waals surface area contributed by atoms with Gasteiger partial charge in [0.15, 0.2) is 5.78 Å². The van der Waals surface area contributed by atoms with Crippen molar-refractivity contribution < 1.29 is 13.9 Å². The zero-order valence-corrected chi connectivity index (χ0v) is 12.8. The van der Waals surface area contributed by atoms with Crippen molar-refractivity contribution in [1.82, 2.24) is 4.98 Å². The molecule has 1 aromatic carbocycles. The molecular weight excluding hydrogens is 293 g/mol. The summed E-state index contributed by atoms with van der Waals surface area (Å²) in [6, 6.07) is 4.03. The topological polar surface area (TPSA) is 39.2 Å². The highest BCUT2D eigenvalue weighted by molar-refractivity contribution is 6.30. The van der Waals surface area contributed by atoms with Gasteiger partial charge in [-0.15, -0.1) is 0 Å². The van der Waals surface area contributed by atoms with Gasteiger partial charge in [0.25, 0.3) is 0 Å². The van der Waals surface area contributed by atoms with Gasteiger partial charge in [0, 0.05) is 22.9 Å². The predicted octanol–water partition coefficient (Wildman–Crippen LogP) is 3.92. The Morgan fingerprint density at radius 2 is 2.10 bits per heavy atom. The van der Waals surface area contributed by atoms with E-state index in [9.17, 15) is 9.18 Å². The van der Waals surface area contributed by atoms with Gasteiger partial charge < -0.3 is 4.74 Å². The smallest absolute Gasteiger partial charge is 0.168 e. The molecule has 0 saturated heterocycles. The Hall–Kier alpha value is -1.94. The van der Waals surface area contributed by atoms with E-state index in [1.165, 1.54) is 12.1 Å². The van der Waals surface area contributed by atoms with E-state index in [1.807, 2.05) is 13.8 Å². The molecule has 110 valence electrons. The Morgan fingerprint density at radius 1 is 1.38 bits per heavy atom. The van der Waals surface area contributed by atoms with E-state index in [1.54, 1.807) is 13.3 Å². The average Bonchev–Trinajstić information content (AvgIpc) is 2.45. The fourth-order valence-corrected chi connectivity index (χ4v) is 2.29. The number of methoxy groups -OCH3 is 1. The maximum absolute atomic E-state index is 13.4. The van der Waals surface area contributed by atoms with Crippen LogP contribution in [0.5, 0.6) is 5.75 Å². The molecule has 0 fully saturated rings. The summed E-state index contributed by atoms with van der Waals surface area (Å²) in [6.45, 7) is 3.74. The van der Waals surface area contributed by atoms with Crippen LogP contribution in [0.4, 0.5) is 4.39 Å². The van der Waals surface area contributed by atoms with E-state index in [-0.39, 0.29) is 22.8 Å². The molecule has 0 bridgehead atoms. The van der Waals surface area contributed by atoms with Crippen molar-refractivity contribution in [2.45, 2.75) is 20.3 Å². The van der Waals surface area contributed by atoms with Crippen LogP contribution in [0, 0.1) is 19.7 Å². The lowest BCUT2D eigenvalue weighted by atomic mass is 10.0. The minimum absolute atomic E-state index is 0.00198. The summed E-state index contributed by atoms with van der Waals surface area (Å²) in [5.74, 6) is -0.101. The zero-order valence-electron chi connectivity index (χ0n) is 12.0. The van der Waals surface area contributed by atoms with Crippen LogP contribution in [0.15, 0.2) is 24.4 Å². The molecule has 0 aliphatic carbocycles. The number of aromatic nitrogens is 1. The molecule has 21 heavy (non-hydrogen) atoms. The van der Waals surface area contributed by atoms with Crippen LogP contribution in [0.25, 0.3) is 0 Å². The highest BCUT2D eigenvalue weighted by atomic mass is 35.5. The van der Waals surface area contributed by atoms with Crippen LogP contribution in [0.1, 0.15) is 27.2 Å². The van der Waals surface area contributed by atoms with Crippen LogP contribution in [0.2, 0.25) is 5.02 Å². The molecule has 0 aliphatic rings. The third kappa shape index (κ3) is 3.22. The number of halogens is 2. The largest absolute Gasteiger partial charge is 0.496 e. The zero-order chi connectivity index (χ0) is 15.6. The molecule has 0 atom stereocenters. The first-order valence-electron chi connectivity index (χ1n) is 6.41. The molecule has 5 heteroatoms. The second kappa shape index (κ2) is 6.22. The summed E-state index contributed by atoms with van der Waals surface area (Å²) in [5.41, 5.74) is 2.62. The molecule has 0 unspecified atom stereocenters. The first kappa shape index (κ1) is 15.4. The van der Waals surface area contributed by atoms with Crippen molar-refractivity contribution in [3.8, 4) is 5.75 Å². The Balaban J connectivity index is 2.29.